The number of carbonyl (C=O) groups is 3. The number of nitrogens with zero attached hydrogens (tertiary/aromatic N) is 1. The van der Waals surface area contributed by atoms with Crippen LogP contribution in [0.2, 0.25) is 0 Å². The van der Waals surface area contributed by atoms with Crippen molar-refractivity contribution in [2.45, 2.75) is 89.7 Å². The Morgan fingerprint density at radius 3 is 2.52 bits per heavy atom. The number of nitrogens with one attached hydrogen (secondary N) is 3. The maximum Gasteiger partial charge on any atom is 0.410 e. The average molecular weight is 597 g/mol. The van der Waals surface area contributed by atoms with Crippen molar-refractivity contribution in [3.8, 4) is 0 Å². The minimum absolute atomic E-state index is 0.0215. The summed E-state index contributed by atoms with van der Waals surface area (Å²) >= 11 is 6.98. The minimum atomic E-state index is -3.07. The molecule has 4 aliphatic rings. The Hall–Kier alpha value is -2.34. The lowest BCUT2D eigenvalue weighted by Crippen LogP contribution is -2.40. The normalized spacial score (nSPS) is 23.8. The minimum Gasteiger partial charge on any atom is -0.444 e. The van der Waals surface area contributed by atoms with E-state index in [4.69, 9.17) is 17.0 Å². The molecule has 12 heteroatoms. The van der Waals surface area contributed by atoms with Gasteiger partial charge in [-0.25, -0.2) is 13.6 Å². The first-order valence-electron chi connectivity index (χ1n) is 14.2. The zero-order valence-electron chi connectivity index (χ0n) is 23.2. The molecule has 0 spiro atoms. The Kier molecular flexibility index (Phi) is 8.13. The van der Waals surface area contributed by atoms with Gasteiger partial charge in [-0.1, -0.05) is 12.2 Å². The second-order valence-electron chi connectivity index (χ2n) is 12.7. The van der Waals surface area contributed by atoms with Crippen LogP contribution in [0.5, 0.6) is 0 Å². The van der Waals surface area contributed by atoms with Crippen LogP contribution in [0.4, 0.5) is 18.6 Å². The van der Waals surface area contributed by atoms with Crippen molar-refractivity contribution in [2.75, 3.05) is 25.0 Å². The average Bonchev–Trinajstić information content (AvgIpc) is 3.77. The van der Waals surface area contributed by atoms with Crippen molar-refractivity contribution in [3.63, 3.8) is 0 Å². The molecule has 40 heavy (non-hydrogen) atoms. The summed E-state index contributed by atoms with van der Waals surface area (Å²) in [6.45, 7) is 4.91. The van der Waals surface area contributed by atoms with Crippen LogP contribution in [0.3, 0.4) is 0 Å². The Balaban J connectivity index is 1.23. The number of amides is 3. The van der Waals surface area contributed by atoms with Gasteiger partial charge in [-0.15, -0.1) is 11.3 Å². The summed E-state index contributed by atoms with van der Waals surface area (Å²) < 4.78 is 34.9. The number of aryl methyl sites for hydroxylation is 1. The van der Waals surface area contributed by atoms with Gasteiger partial charge in [-0.2, -0.15) is 0 Å². The van der Waals surface area contributed by atoms with Gasteiger partial charge in [0.2, 0.25) is 5.91 Å². The summed E-state index contributed by atoms with van der Waals surface area (Å²) in [5.74, 6) is -3.84. The number of likely N-dealkylation sites (tertiary alicyclic amines) is 1. The second kappa shape index (κ2) is 11.2. The van der Waals surface area contributed by atoms with Gasteiger partial charge in [0, 0.05) is 42.3 Å². The molecule has 3 fully saturated rings. The van der Waals surface area contributed by atoms with Crippen molar-refractivity contribution in [1.82, 2.24) is 15.5 Å². The Labute approximate surface area is 243 Å². The maximum atomic E-state index is 14.8. The van der Waals surface area contributed by atoms with Crippen LogP contribution < -0.4 is 16.0 Å². The van der Waals surface area contributed by atoms with E-state index >= 15 is 0 Å². The third-order valence-electron chi connectivity index (χ3n) is 7.81. The van der Waals surface area contributed by atoms with Crippen molar-refractivity contribution in [1.29, 1.82) is 0 Å². The first-order valence-corrected chi connectivity index (χ1v) is 15.4. The summed E-state index contributed by atoms with van der Waals surface area (Å²) in [6, 6.07) is -0.117. The van der Waals surface area contributed by atoms with Gasteiger partial charge < -0.3 is 25.6 Å². The topological polar surface area (TPSA) is 99.8 Å². The van der Waals surface area contributed by atoms with E-state index in [1.54, 1.807) is 20.8 Å². The number of carbonyl (C=O) groups excluding carboxylic acids is 3. The van der Waals surface area contributed by atoms with Crippen molar-refractivity contribution in [2.24, 2.45) is 17.8 Å². The van der Waals surface area contributed by atoms with Gasteiger partial charge in [-0.3, -0.25) is 9.59 Å². The Bertz CT molecular complexity index is 1190. The van der Waals surface area contributed by atoms with Gasteiger partial charge >= 0.3 is 6.09 Å². The lowest BCUT2D eigenvalue weighted by molar-refractivity contribution is -0.117. The largest absolute Gasteiger partial charge is 0.444 e. The molecular weight excluding hydrogens is 558 g/mol. The molecule has 2 heterocycles. The summed E-state index contributed by atoms with van der Waals surface area (Å²) in [6.07, 6.45) is 5.14. The van der Waals surface area contributed by atoms with Crippen molar-refractivity contribution >= 4 is 51.5 Å². The zero-order valence-corrected chi connectivity index (χ0v) is 24.9. The molecule has 5 rings (SSSR count). The van der Waals surface area contributed by atoms with Crippen LogP contribution in [0.1, 0.15) is 80.1 Å². The van der Waals surface area contributed by atoms with E-state index in [-0.39, 0.29) is 36.7 Å². The van der Waals surface area contributed by atoms with E-state index in [2.05, 4.69) is 16.0 Å². The molecule has 2 atom stereocenters. The number of hydrogen-bond donors (Lipinski definition) is 3. The van der Waals surface area contributed by atoms with E-state index in [0.717, 1.165) is 47.4 Å². The van der Waals surface area contributed by atoms with Gasteiger partial charge in [0.25, 0.3) is 11.8 Å². The standard InChI is InChI=1S/C28H38F2N4O4S2/c1-27(2,3)38-26(37)34-13-17(28(29,30)14-34)10-21(39)32-18-8-9-20-19(11-18)22(24(36)31-12-15-4-5-15)25(40-20)33-23(35)16-6-7-16/h15-18H,4-14H2,1-3H3,(H,31,36)(H,32,39)(H,33,35)/t17?,18-/m0/s1. The predicted octanol–water partition coefficient (Wildman–Crippen LogP) is 4.90. The summed E-state index contributed by atoms with van der Waals surface area (Å²) in [5, 5.41) is 9.90. The van der Waals surface area contributed by atoms with Crippen LogP contribution in [-0.2, 0) is 22.4 Å². The molecule has 2 saturated carbocycles. The number of hydrogen-bond acceptors (Lipinski definition) is 6. The smallest absolute Gasteiger partial charge is 0.410 e. The molecule has 1 unspecified atom stereocenters. The number of halogens is 2. The fourth-order valence-electron chi connectivity index (χ4n) is 5.28. The number of fused-ring (bicyclic) bond motifs is 1. The number of alkyl halides is 2. The molecule has 1 aliphatic heterocycles. The quantitative estimate of drug-likeness (QED) is 0.369. The second-order valence-corrected chi connectivity index (χ2v) is 14.3. The molecule has 220 valence electrons. The SMILES string of the molecule is CC(C)(C)OC(=O)N1CC(CC(=S)N[C@H]2CCc3sc(NC(=O)C4CC4)c(C(=O)NCC4CC4)c3C2)C(F)(F)C1. The zero-order chi connectivity index (χ0) is 28.8. The molecule has 1 aromatic heterocycles. The molecule has 0 bridgehead atoms. The van der Waals surface area contributed by atoms with Crippen LogP contribution in [0, 0.1) is 17.8 Å². The number of thiophene rings is 1. The maximum absolute atomic E-state index is 14.8. The van der Waals surface area contributed by atoms with Crippen molar-refractivity contribution in [3.05, 3.63) is 16.0 Å². The van der Waals surface area contributed by atoms with Crippen LogP contribution >= 0.6 is 23.6 Å². The molecule has 3 amide bonds. The monoisotopic (exact) mass is 596 g/mol. The van der Waals surface area contributed by atoms with Gasteiger partial charge in [0.15, 0.2) is 0 Å². The lowest BCUT2D eigenvalue weighted by Gasteiger charge is -2.27. The van der Waals surface area contributed by atoms with Gasteiger partial charge in [0.1, 0.15) is 10.6 Å². The van der Waals surface area contributed by atoms with E-state index in [0.29, 0.717) is 40.9 Å². The van der Waals surface area contributed by atoms with Crippen molar-refractivity contribution < 1.29 is 27.9 Å². The first-order chi connectivity index (χ1) is 18.8. The summed E-state index contributed by atoms with van der Waals surface area (Å²) in [7, 11) is 0. The highest BCUT2D eigenvalue weighted by molar-refractivity contribution is 7.80. The molecule has 0 aromatic carbocycles. The van der Waals surface area contributed by atoms with E-state index in [1.807, 2.05) is 0 Å². The van der Waals surface area contributed by atoms with Crippen LogP contribution in [0.15, 0.2) is 0 Å². The van der Waals surface area contributed by atoms with Crippen LogP contribution in [-0.4, -0.2) is 65.0 Å². The Morgan fingerprint density at radius 1 is 1.15 bits per heavy atom. The number of rotatable bonds is 8. The van der Waals surface area contributed by atoms with E-state index in [9.17, 15) is 23.2 Å². The third kappa shape index (κ3) is 7.10. The number of anilines is 1. The highest BCUT2D eigenvalue weighted by Crippen LogP contribution is 2.41. The fraction of sp³-hybridized carbons (Fsp3) is 0.714. The molecule has 3 aliphatic carbocycles. The van der Waals surface area contributed by atoms with Gasteiger partial charge in [-0.05, 0) is 77.2 Å². The van der Waals surface area contributed by atoms with Crippen LogP contribution in [0.25, 0.3) is 0 Å². The number of thiocarbonyl (C=S) groups is 1. The molecule has 8 nitrogen and oxygen atoms in total. The third-order valence-corrected chi connectivity index (χ3v) is 9.30. The molecular formula is C28H38F2N4O4S2. The lowest BCUT2D eigenvalue weighted by atomic mass is 9.90. The fourth-order valence-corrected chi connectivity index (χ4v) is 6.89. The molecule has 3 N–H and O–H groups in total. The van der Waals surface area contributed by atoms with E-state index < -0.39 is 30.1 Å². The highest BCUT2D eigenvalue weighted by atomic mass is 32.1. The molecule has 0 radical (unpaired) electrons. The predicted molar refractivity (Wildman–Crippen MR) is 153 cm³/mol. The summed E-state index contributed by atoms with van der Waals surface area (Å²) in [4.78, 5) is 40.6. The first kappa shape index (κ1) is 29.2. The summed E-state index contributed by atoms with van der Waals surface area (Å²) in [5.41, 5.74) is 0.664. The Morgan fingerprint density at radius 2 is 1.88 bits per heavy atom. The molecule has 1 saturated heterocycles. The highest BCUT2D eigenvalue weighted by Gasteiger charge is 2.50. The van der Waals surface area contributed by atoms with Gasteiger partial charge in [0.05, 0.1) is 17.1 Å². The number of ether oxygens (including phenoxy) is 1. The van der Waals surface area contributed by atoms with E-state index in [1.165, 1.54) is 11.3 Å². The molecule has 1 aromatic rings.